The van der Waals surface area contributed by atoms with Gasteiger partial charge in [0.1, 0.15) is 0 Å². The van der Waals surface area contributed by atoms with Crippen molar-refractivity contribution in [1.29, 1.82) is 0 Å². The first-order chi connectivity index (χ1) is 13.2. The molecule has 5 rings (SSSR count). The Labute approximate surface area is 169 Å². The van der Waals surface area contributed by atoms with Gasteiger partial charge in [-0.1, -0.05) is 77.8 Å². The lowest BCUT2D eigenvalue weighted by Gasteiger charge is -2.09. The summed E-state index contributed by atoms with van der Waals surface area (Å²) in [7, 11) is 0. The molecule has 0 radical (unpaired) electrons. The van der Waals surface area contributed by atoms with E-state index in [-0.39, 0.29) is 0 Å². The third-order valence-electron chi connectivity index (χ3n) is 5.28. The first-order valence-electron chi connectivity index (χ1n) is 8.96. The molecule has 0 N–H and O–H groups in total. The Balaban J connectivity index is 1.62. The molecule has 2 heteroatoms. The Morgan fingerprint density at radius 2 is 1.11 bits per heavy atom. The van der Waals surface area contributed by atoms with Crippen LogP contribution in [0.2, 0.25) is 10.0 Å². The minimum Gasteiger partial charge on any atom is -0.0843 e. The van der Waals surface area contributed by atoms with E-state index in [2.05, 4.69) is 60.7 Å². The highest BCUT2D eigenvalue weighted by Crippen LogP contribution is 2.43. The van der Waals surface area contributed by atoms with Crippen LogP contribution in [-0.2, 0) is 6.42 Å². The summed E-state index contributed by atoms with van der Waals surface area (Å²) < 4.78 is 0. The maximum atomic E-state index is 6.07. The van der Waals surface area contributed by atoms with Crippen molar-refractivity contribution in [2.75, 3.05) is 0 Å². The average molecular weight is 387 g/mol. The minimum absolute atomic E-state index is 0.762. The number of hydrogen-bond donors (Lipinski definition) is 0. The van der Waals surface area contributed by atoms with E-state index in [1.54, 1.807) is 0 Å². The molecule has 4 aromatic rings. The molecule has 0 spiro atoms. The van der Waals surface area contributed by atoms with Crippen molar-refractivity contribution in [1.82, 2.24) is 0 Å². The van der Waals surface area contributed by atoms with E-state index in [4.69, 9.17) is 23.2 Å². The Hall–Kier alpha value is -2.54. The molecule has 0 unspecified atom stereocenters. The highest BCUT2D eigenvalue weighted by atomic mass is 35.5. The van der Waals surface area contributed by atoms with E-state index in [1.807, 2.05) is 24.3 Å². The summed E-state index contributed by atoms with van der Waals surface area (Å²) in [5.74, 6) is 0. The fourth-order valence-electron chi connectivity index (χ4n) is 3.92. The summed E-state index contributed by atoms with van der Waals surface area (Å²) in [5, 5.41) is 1.53. The van der Waals surface area contributed by atoms with Crippen molar-refractivity contribution in [2.24, 2.45) is 0 Å². The van der Waals surface area contributed by atoms with Crippen LogP contribution in [0.1, 0.15) is 11.1 Å². The van der Waals surface area contributed by atoms with Gasteiger partial charge in [0.25, 0.3) is 0 Å². The van der Waals surface area contributed by atoms with Gasteiger partial charge in [-0.15, -0.1) is 0 Å². The van der Waals surface area contributed by atoms with E-state index in [1.165, 1.54) is 44.5 Å². The van der Waals surface area contributed by atoms with Crippen LogP contribution in [0, 0.1) is 0 Å². The first kappa shape index (κ1) is 16.6. The number of hydrogen-bond acceptors (Lipinski definition) is 0. The normalized spacial score (nSPS) is 11.9. The maximum absolute atomic E-state index is 6.07. The van der Waals surface area contributed by atoms with Crippen LogP contribution < -0.4 is 0 Å². The van der Waals surface area contributed by atoms with E-state index in [0.29, 0.717) is 0 Å². The van der Waals surface area contributed by atoms with Crippen molar-refractivity contribution in [3.8, 4) is 33.4 Å². The highest BCUT2D eigenvalue weighted by molar-refractivity contribution is 6.30. The summed E-state index contributed by atoms with van der Waals surface area (Å²) in [6.07, 6.45) is 0.963. The van der Waals surface area contributed by atoms with Crippen LogP contribution >= 0.6 is 23.2 Å². The smallest absolute Gasteiger partial charge is 0.0406 e. The van der Waals surface area contributed by atoms with Gasteiger partial charge in [0, 0.05) is 10.0 Å². The molecule has 0 saturated heterocycles. The standard InChI is InChI=1S/C25H16Cl2/c26-20-10-6-16(7-11-20)18-4-5-19-15-25-22(17-8-12-21(27)13-9-17)2-1-3-23(25)24(19)14-18/h1-14H,15H2. The van der Waals surface area contributed by atoms with Gasteiger partial charge in [-0.05, 0) is 81.3 Å². The molecule has 0 amide bonds. The summed E-state index contributed by atoms with van der Waals surface area (Å²) >= 11 is 12.1. The Kier molecular flexibility index (Phi) is 4.04. The predicted molar refractivity (Wildman–Crippen MR) is 116 cm³/mol. The van der Waals surface area contributed by atoms with E-state index >= 15 is 0 Å². The zero-order valence-corrected chi connectivity index (χ0v) is 16.1. The van der Waals surface area contributed by atoms with E-state index in [9.17, 15) is 0 Å². The molecule has 0 aromatic heterocycles. The van der Waals surface area contributed by atoms with Crippen molar-refractivity contribution in [3.63, 3.8) is 0 Å². The minimum atomic E-state index is 0.762. The highest BCUT2D eigenvalue weighted by Gasteiger charge is 2.22. The molecule has 0 heterocycles. The molecule has 0 nitrogen and oxygen atoms in total. The summed E-state index contributed by atoms with van der Waals surface area (Å²) in [5.41, 5.74) is 10.3. The summed E-state index contributed by atoms with van der Waals surface area (Å²) in [4.78, 5) is 0. The van der Waals surface area contributed by atoms with Gasteiger partial charge in [-0.25, -0.2) is 0 Å². The largest absolute Gasteiger partial charge is 0.0843 e. The maximum Gasteiger partial charge on any atom is 0.0406 e. The third kappa shape index (κ3) is 2.96. The van der Waals surface area contributed by atoms with E-state index < -0.39 is 0 Å². The fraction of sp³-hybridized carbons (Fsp3) is 0.0400. The summed E-state index contributed by atoms with van der Waals surface area (Å²) in [6.45, 7) is 0. The van der Waals surface area contributed by atoms with Crippen molar-refractivity contribution >= 4 is 23.2 Å². The van der Waals surface area contributed by atoms with E-state index in [0.717, 1.165) is 16.5 Å². The second-order valence-corrected chi connectivity index (χ2v) is 7.77. The first-order valence-corrected chi connectivity index (χ1v) is 9.72. The van der Waals surface area contributed by atoms with Gasteiger partial charge in [-0.2, -0.15) is 0 Å². The molecule has 0 aliphatic heterocycles. The molecule has 0 saturated carbocycles. The fourth-order valence-corrected chi connectivity index (χ4v) is 4.18. The second kappa shape index (κ2) is 6.56. The Morgan fingerprint density at radius 1 is 0.519 bits per heavy atom. The third-order valence-corrected chi connectivity index (χ3v) is 5.78. The van der Waals surface area contributed by atoms with Crippen LogP contribution in [-0.4, -0.2) is 0 Å². The Bertz CT molecular complexity index is 1140. The monoisotopic (exact) mass is 386 g/mol. The lowest BCUT2D eigenvalue weighted by atomic mass is 9.95. The summed E-state index contributed by atoms with van der Waals surface area (Å²) in [6, 6.07) is 29.5. The van der Waals surface area contributed by atoms with Gasteiger partial charge in [0.15, 0.2) is 0 Å². The zero-order chi connectivity index (χ0) is 18.4. The molecule has 27 heavy (non-hydrogen) atoms. The number of rotatable bonds is 2. The van der Waals surface area contributed by atoms with Crippen LogP contribution in [0.25, 0.3) is 33.4 Å². The Morgan fingerprint density at radius 3 is 1.81 bits per heavy atom. The number of fused-ring (bicyclic) bond motifs is 3. The van der Waals surface area contributed by atoms with Crippen LogP contribution in [0.3, 0.4) is 0 Å². The van der Waals surface area contributed by atoms with Crippen molar-refractivity contribution < 1.29 is 0 Å². The molecule has 0 bridgehead atoms. The molecule has 1 aliphatic rings. The van der Waals surface area contributed by atoms with Gasteiger partial charge in [0.05, 0.1) is 0 Å². The van der Waals surface area contributed by atoms with Gasteiger partial charge in [0.2, 0.25) is 0 Å². The number of benzene rings is 4. The molecule has 4 aromatic carbocycles. The van der Waals surface area contributed by atoms with Crippen molar-refractivity contribution in [2.45, 2.75) is 6.42 Å². The average Bonchev–Trinajstić information content (AvgIpc) is 3.07. The molecule has 1 aliphatic carbocycles. The van der Waals surface area contributed by atoms with Gasteiger partial charge < -0.3 is 0 Å². The van der Waals surface area contributed by atoms with Crippen LogP contribution in [0.4, 0.5) is 0 Å². The van der Waals surface area contributed by atoms with Crippen LogP contribution in [0.5, 0.6) is 0 Å². The topological polar surface area (TPSA) is 0 Å². The van der Waals surface area contributed by atoms with Crippen molar-refractivity contribution in [3.05, 3.63) is 106 Å². The quantitative estimate of drug-likeness (QED) is 0.289. The zero-order valence-electron chi connectivity index (χ0n) is 14.5. The second-order valence-electron chi connectivity index (χ2n) is 6.89. The molecule has 0 atom stereocenters. The SMILES string of the molecule is Clc1ccc(-c2ccc3c(c2)-c2cccc(-c4ccc(Cl)cc4)c2C3)cc1. The number of halogens is 2. The molecule has 0 fully saturated rings. The lowest BCUT2D eigenvalue weighted by Crippen LogP contribution is -1.87. The van der Waals surface area contributed by atoms with Crippen LogP contribution in [0.15, 0.2) is 84.9 Å². The molecular formula is C25H16Cl2. The predicted octanol–water partition coefficient (Wildman–Crippen LogP) is 7.90. The lowest BCUT2D eigenvalue weighted by molar-refractivity contribution is 1.26. The molecule has 130 valence electrons. The van der Waals surface area contributed by atoms with Gasteiger partial charge in [-0.3, -0.25) is 0 Å². The molecular weight excluding hydrogens is 371 g/mol. The van der Waals surface area contributed by atoms with Gasteiger partial charge >= 0.3 is 0 Å².